The Hall–Kier alpha value is -3.89. The highest BCUT2D eigenvalue weighted by Crippen LogP contribution is 2.43. The minimum atomic E-state index is -0.882. The molecule has 3 aromatic rings. The fourth-order valence-corrected chi connectivity index (χ4v) is 6.47. The Labute approximate surface area is 259 Å². The first-order chi connectivity index (χ1) is 21.0. The quantitative estimate of drug-likeness (QED) is 0.276. The highest BCUT2D eigenvalue weighted by Gasteiger charge is 2.47. The Morgan fingerprint density at radius 1 is 1.11 bits per heavy atom. The van der Waals surface area contributed by atoms with E-state index in [1.54, 1.807) is 6.20 Å². The summed E-state index contributed by atoms with van der Waals surface area (Å²) in [5, 5.41) is 10.6. The van der Waals surface area contributed by atoms with Crippen molar-refractivity contribution in [1.82, 2.24) is 9.88 Å². The van der Waals surface area contributed by atoms with Crippen molar-refractivity contribution >= 4 is 17.6 Å². The zero-order valence-electron chi connectivity index (χ0n) is 26.5. The highest BCUT2D eigenvalue weighted by molar-refractivity contribution is 5.95. The standard InChI is InChI=1S/C34H44N4O6/c1-6-7-15-37(26-10-8-9-24(16-26)21-38(3,4)5)32(39)20-36-19-27(25-11-13-29-30(17-25)43-22-42-29)33(34(40)41)28(36)12-14-31-35-18-23(2)44-31/h8-11,13,16-18,27-28,33H,6-7,12,14-15,19-22H2,1-5H3/p+1/t27-,28+,33?/m1/s1. The molecule has 2 aliphatic heterocycles. The number of rotatable bonds is 13. The largest absolute Gasteiger partial charge is 0.481 e. The van der Waals surface area contributed by atoms with E-state index in [1.807, 2.05) is 42.2 Å². The number of ether oxygens (including phenoxy) is 2. The average Bonchev–Trinajstić information content (AvgIpc) is 3.69. The van der Waals surface area contributed by atoms with E-state index in [0.717, 1.165) is 35.1 Å². The van der Waals surface area contributed by atoms with Gasteiger partial charge in [-0.15, -0.1) is 0 Å². The SMILES string of the molecule is CCCCN(C(=O)CN1C[C@H](c2ccc3c(c2)OCO3)C(C(=O)O)[C@@H]1CCc1ncc(C)o1)c1cccc(C[N+](C)(C)C)c1. The number of nitrogens with zero attached hydrogens (tertiary/aromatic N) is 4. The second-order valence-corrected chi connectivity index (χ2v) is 13.0. The Balaban J connectivity index is 1.43. The van der Waals surface area contributed by atoms with Crippen molar-refractivity contribution in [3.8, 4) is 11.5 Å². The van der Waals surface area contributed by atoms with E-state index in [0.29, 0.717) is 49.1 Å². The zero-order chi connectivity index (χ0) is 31.4. The van der Waals surface area contributed by atoms with Gasteiger partial charge in [0.1, 0.15) is 12.3 Å². The maximum absolute atomic E-state index is 14.2. The van der Waals surface area contributed by atoms with Gasteiger partial charge in [0, 0.05) is 42.7 Å². The zero-order valence-corrected chi connectivity index (χ0v) is 26.5. The van der Waals surface area contributed by atoms with Crippen molar-refractivity contribution in [2.24, 2.45) is 5.92 Å². The fourth-order valence-electron chi connectivity index (χ4n) is 6.47. The van der Waals surface area contributed by atoms with Gasteiger partial charge < -0.3 is 28.4 Å². The van der Waals surface area contributed by atoms with Crippen LogP contribution in [-0.4, -0.2) is 85.0 Å². The van der Waals surface area contributed by atoms with Crippen LogP contribution < -0.4 is 14.4 Å². The Morgan fingerprint density at radius 2 is 1.91 bits per heavy atom. The van der Waals surface area contributed by atoms with Crippen LogP contribution in [-0.2, 0) is 22.6 Å². The molecule has 1 N–H and O–H groups in total. The molecule has 10 heteroatoms. The number of benzene rings is 2. The molecule has 3 heterocycles. The molecule has 1 saturated heterocycles. The number of carbonyl (C=O) groups is 2. The van der Waals surface area contributed by atoms with Crippen LogP contribution in [0.5, 0.6) is 11.5 Å². The molecule has 1 unspecified atom stereocenters. The molecule has 3 atom stereocenters. The molecular weight excluding hydrogens is 560 g/mol. The molecule has 2 aliphatic rings. The summed E-state index contributed by atoms with van der Waals surface area (Å²) in [4.78, 5) is 35.3. The van der Waals surface area contributed by atoms with Gasteiger partial charge >= 0.3 is 5.97 Å². The lowest BCUT2D eigenvalue weighted by atomic mass is 9.83. The molecule has 0 radical (unpaired) electrons. The smallest absolute Gasteiger partial charge is 0.308 e. The third kappa shape index (κ3) is 7.42. The number of amides is 1. The summed E-state index contributed by atoms with van der Waals surface area (Å²) in [6.45, 7) is 6.09. The van der Waals surface area contributed by atoms with E-state index < -0.39 is 17.9 Å². The van der Waals surface area contributed by atoms with Crippen LogP contribution in [0, 0.1) is 12.8 Å². The van der Waals surface area contributed by atoms with Crippen LogP contribution in [0.3, 0.4) is 0 Å². The predicted molar refractivity (Wildman–Crippen MR) is 167 cm³/mol. The number of aromatic nitrogens is 1. The summed E-state index contributed by atoms with van der Waals surface area (Å²) in [6, 6.07) is 13.5. The molecule has 10 nitrogen and oxygen atoms in total. The highest BCUT2D eigenvalue weighted by atomic mass is 16.7. The van der Waals surface area contributed by atoms with Crippen molar-refractivity contribution < 1.29 is 33.1 Å². The third-order valence-electron chi connectivity index (χ3n) is 8.44. The Kier molecular flexibility index (Phi) is 9.60. The van der Waals surface area contributed by atoms with Crippen LogP contribution in [0.25, 0.3) is 0 Å². The predicted octanol–water partition coefficient (Wildman–Crippen LogP) is 4.85. The topological polar surface area (TPSA) is 105 Å². The first-order valence-corrected chi connectivity index (χ1v) is 15.5. The first kappa shape index (κ1) is 31.5. The van der Waals surface area contributed by atoms with Crippen LogP contribution in [0.4, 0.5) is 5.69 Å². The van der Waals surface area contributed by atoms with Crippen molar-refractivity contribution in [3.63, 3.8) is 0 Å². The maximum Gasteiger partial charge on any atom is 0.308 e. The van der Waals surface area contributed by atoms with E-state index in [1.165, 1.54) is 5.56 Å². The van der Waals surface area contributed by atoms with E-state index >= 15 is 0 Å². The number of aryl methyl sites for hydroxylation is 2. The molecule has 44 heavy (non-hydrogen) atoms. The second kappa shape index (κ2) is 13.4. The number of oxazole rings is 1. The molecule has 0 saturated carbocycles. The lowest BCUT2D eigenvalue weighted by Gasteiger charge is -2.30. The van der Waals surface area contributed by atoms with Crippen molar-refractivity contribution in [2.75, 3.05) is 52.5 Å². The summed E-state index contributed by atoms with van der Waals surface area (Å²) < 4.78 is 17.6. The van der Waals surface area contributed by atoms with Crippen LogP contribution in [0.15, 0.2) is 53.1 Å². The lowest BCUT2D eigenvalue weighted by molar-refractivity contribution is -0.884. The minimum absolute atomic E-state index is 0.0340. The average molecular weight is 606 g/mol. The van der Waals surface area contributed by atoms with Crippen molar-refractivity contribution in [1.29, 1.82) is 0 Å². The number of aliphatic carboxylic acids is 1. The molecule has 1 aromatic heterocycles. The molecule has 1 amide bonds. The van der Waals surface area contributed by atoms with Crippen LogP contribution in [0.2, 0.25) is 0 Å². The number of carbonyl (C=O) groups excluding carboxylic acids is 1. The summed E-state index contributed by atoms with van der Waals surface area (Å²) >= 11 is 0. The van der Waals surface area contributed by atoms with Gasteiger partial charge in [0.05, 0.1) is 39.8 Å². The van der Waals surface area contributed by atoms with Crippen molar-refractivity contribution in [2.45, 2.75) is 58.0 Å². The number of hydrogen-bond donors (Lipinski definition) is 1. The van der Waals surface area contributed by atoms with Gasteiger partial charge in [0.2, 0.25) is 12.7 Å². The number of fused-ring (bicyclic) bond motifs is 1. The summed E-state index contributed by atoms with van der Waals surface area (Å²) in [5.74, 6) is 0.584. The van der Waals surface area contributed by atoms with E-state index in [-0.39, 0.29) is 25.2 Å². The third-order valence-corrected chi connectivity index (χ3v) is 8.44. The molecule has 0 spiro atoms. The normalized spacial score (nSPS) is 19.8. The lowest BCUT2D eigenvalue weighted by Crippen LogP contribution is -2.44. The Bertz CT molecular complexity index is 1460. The van der Waals surface area contributed by atoms with Gasteiger partial charge in [0.15, 0.2) is 17.4 Å². The second-order valence-electron chi connectivity index (χ2n) is 13.0. The molecule has 0 aliphatic carbocycles. The Morgan fingerprint density at radius 3 is 2.61 bits per heavy atom. The number of anilines is 1. The van der Waals surface area contributed by atoms with Gasteiger partial charge in [0.25, 0.3) is 0 Å². The van der Waals surface area contributed by atoms with Crippen LogP contribution in [0.1, 0.15) is 54.9 Å². The van der Waals surface area contributed by atoms with Gasteiger partial charge in [-0.3, -0.25) is 14.5 Å². The molecule has 2 aromatic carbocycles. The van der Waals surface area contributed by atoms with Gasteiger partial charge in [-0.1, -0.05) is 31.5 Å². The number of carboxylic acids is 1. The first-order valence-electron chi connectivity index (χ1n) is 15.5. The number of unbranched alkanes of at least 4 members (excludes halogenated alkanes) is 1. The monoisotopic (exact) mass is 605 g/mol. The number of hydrogen-bond acceptors (Lipinski definition) is 7. The van der Waals surface area contributed by atoms with E-state index in [2.05, 4.69) is 50.1 Å². The molecular formula is C34H45N4O6+. The van der Waals surface area contributed by atoms with Crippen molar-refractivity contribution in [3.05, 3.63) is 71.4 Å². The summed E-state index contributed by atoms with van der Waals surface area (Å²) in [6.07, 6.45) is 4.48. The number of quaternary nitrogens is 1. The molecule has 1 fully saturated rings. The molecule has 0 bridgehead atoms. The van der Waals surface area contributed by atoms with Crippen LogP contribution >= 0.6 is 0 Å². The van der Waals surface area contributed by atoms with E-state index in [9.17, 15) is 14.7 Å². The van der Waals surface area contributed by atoms with E-state index in [4.69, 9.17) is 13.9 Å². The molecule has 236 valence electrons. The number of likely N-dealkylation sites (tertiary alicyclic amines) is 1. The van der Waals surface area contributed by atoms with Gasteiger partial charge in [-0.25, -0.2) is 4.98 Å². The fraction of sp³-hybridized carbons (Fsp3) is 0.500. The summed E-state index contributed by atoms with van der Waals surface area (Å²) in [5.41, 5.74) is 2.91. The minimum Gasteiger partial charge on any atom is -0.481 e. The maximum atomic E-state index is 14.2. The molecule has 5 rings (SSSR count). The number of carboxylic acid groups (broad SMARTS) is 1. The van der Waals surface area contributed by atoms with Gasteiger partial charge in [-0.2, -0.15) is 0 Å². The van der Waals surface area contributed by atoms with Gasteiger partial charge in [-0.05, 0) is 49.6 Å². The summed E-state index contributed by atoms with van der Waals surface area (Å²) in [7, 11) is 6.44.